The minimum atomic E-state index is -4.11. The first kappa shape index (κ1) is 26.1. The van der Waals surface area contributed by atoms with Gasteiger partial charge in [-0.05, 0) is 77.1 Å². The van der Waals surface area contributed by atoms with Gasteiger partial charge >= 0.3 is 10.1 Å². The average Bonchev–Trinajstić information content (AvgIpc) is 3.15. The smallest absolute Gasteiger partial charge is 0.339 e. The van der Waals surface area contributed by atoms with Crippen molar-refractivity contribution in [1.82, 2.24) is 5.32 Å². The molecule has 0 radical (unpaired) electrons. The molecule has 36 heavy (non-hydrogen) atoms. The number of benzene rings is 3. The van der Waals surface area contributed by atoms with E-state index >= 15 is 0 Å². The van der Waals surface area contributed by atoms with Crippen LogP contribution in [0.1, 0.15) is 11.1 Å². The van der Waals surface area contributed by atoms with Gasteiger partial charge < -0.3 is 9.50 Å². The van der Waals surface area contributed by atoms with Crippen molar-refractivity contribution in [2.45, 2.75) is 11.8 Å². The Hall–Kier alpha value is -3.00. The monoisotopic (exact) mass is 651 g/mol. The average molecular weight is 653 g/mol. The topological polar surface area (TPSA) is 128 Å². The van der Waals surface area contributed by atoms with E-state index in [1.807, 2.05) is 6.92 Å². The molecule has 0 spiro atoms. The zero-order chi connectivity index (χ0) is 26.0. The Bertz CT molecular complexity index is 1550. The zero-order valence-corrected chi connectivity index (χ0v) is 23.1. The first-order valence-electron chi connectivity index (χ1n) is 10.1. The van der Waals surface area contributed by atoms with Crippen molar-refractivity contribution in [1.29, 1.82) is 0 Å². The van der Waals surface area contributed by atoms with Crippen LogP contribution < -0.4 is 9.50 Å². The van der Waals surface area contributed by atoms with E-state index in [1.54, 1.807) is 24.3 Å². The summed E-state index contributed by atoms with van der Waals surface area (Å²) in [7, 11) is -4.11. The normalized spacial score (nSPS) is 15.8. The summed E-state index contributed by atoms with van der Waals surface area (Å²) in [4.78, 5) is 27.6. The molecule has 0 saturated carbocycles. The van der Waals surface area contributed by atoms with Crippen LogP contribution in [0.3, 0.4) is 0 Å². The van der Waals surface area contributed by atoms with Gasteiger partial charge in [-0.3, -0.25) is 14.9 Å². The van der Waals surface area contributed by atoms with Gasteiger partial charge in [0.15, 0.2) is 5.17 Å². The van der Waals surface area contributed by atoms with Gasteiger partial charge in [-0.2, -0.15) is 8.42 Å². The second kappa shape index (κ2) is 10.5. The number of non-ortho nitro benzene ring substituents is 1. The van der Waals surface area contributed by atoms with Gasteiger partial charge in [-0.25, -0.2) is 4.99 Å². The van der Waals surface area contributed by atoms with Crippen LogP contribution in [0, 0.1) is 17.0 Å². The number of rotatable bonds is 6. The van der Waals surface area contributed by atoms with Gasteiger partial charge in [-0.15, -0.1) is 0 Å². The Morgan fingerprint density at radius 3 is 2.47 bits per heavy atom. The summed E-state index contributed by atoms with van der Waals surface area (Å²) < 4.78 is 32.0. The standard InChI is InChI=1S/C23H15Br2N3O6S2/c1-13-2-6-17(7-3-13)36(32,33)34-20-9-4-15(24)10-14(20)11-21-22(29)27-23(35-21)26-19-8-5-16(28(30)31)12-18(19)25/h2-12H,1H3,(H,26,27,29)/b21-11+. The van der Waals surface area contributed by atoms with Crippen molar-refractivity contribution < 1.29 is 22.3 Å². The minimum absolute atomic E-state index is 0.00528. The number of aryl methyl sites for hydroxylation is 1. The van der Waals surface area contributed by atoms with Gasteiger partial charge in [0.25, 0.3) is 11.6 Å². The lowest BCUT2D eigenvalue weighted by Crippen LogP contribution is -2.19. The number of halogens is 2. The fourth-order valence-corrected chi connectivity index (χ4v) is 5.62. The molecule has 1 fully saturated rings. The summed E-state index contributed by atoms with van der Waals surface area (Å²) >= 11 is 7.64. The lowest BCUT2D eigenvalue weighted by molar-refractivity contribution is -0.384. The van der Waals surface area contributed by atoms with Gasteiger partial charge in [0.2, 0.25) is 0 Å². The molecule has 0 bridgehead atoms. The third-order valence-corrected chi connectivity index (χ3v) is 8.07. The number of nitrogens with zero attached hydrogens (tertiary/aromatic N) is 2. The summed E-state index contributed by atoms with van der Waals surface area (Å²) in [6.07, 6.45) is 1.50. The van der Waals surface area contributed by atoms with E-state index in [0.717, 1.165) is 17.3 Å². The molecular weight excluding hydrogens is 638 g/mol. The molecule has 0 unspecified atom stereocenters. The molecule has 0 atom stereocenters. The first-order valence-corrected chi connectivity index (χ1v) is 13.9. The molecule has 4 rings (SSSR count). The number of aliphatic imine (C=N–C) groups is 1. The molecule has 3 aromatic carbocycles. The highest BCUT2D eigenvalue weighted by atomic mass is 79.9. The first-order chi connectivity index (χ1) is 17.0. The summed E-state index contributed by atoms with van der Waals surface area (Å²) in [5.41, 5.74) is 1.55. The number of nitro groups is 1. The molecule has 1 heterocycles. The molecule has 184 valence electrons. The SMILES string of the molecule is Cc1ccc(S(=O)(=O)Oc2ccc(Br)cc2/C=C2/SC(=Nc3ccc([N+](=O)[O-])cc3Br)NC2=O)cc1. The third-order valence-electron chi connectivity index (χ3n) is 4.78. The Kier molecular flexibility index (Phi) is 7.64. The van der Waals surface area contributed by atoms with Crippen LogP contribution in [0.4, 0.5) is 11.4 Å². The van der Waals surface area contributed by atoms with Crippen molar-refractivity contribution in [3.8, 4) is 5.75 Å². The van der Waals surface area contributed by atoms with E-state index in [2.05, 4.69) is 42.2 Å². The van der Waals surface area contributed by atoms with E-state index < -0.39 is 20.9 Å². The number of nitrogens with one attached hydrogen (secondary N) is 1. The quantitative estimate of drug-likeness (QED) is 0.148. The van der Waals surface area contributed by atoms with E-state index in [1.165, 1.54) is 42.5 Å². The van der Waals surface area contributed by atoms with E-state index in [0.29, 0.717) is 20.2 Å². The Morgan fingerprint density at radius 1 is 1.08 bits per heavy atom. The maximum Gasteiger partial charge on any atom is 0.339 e. The predicted octanol–water partition coefficient (Wildman–Crippen LogP) is 6.09. The number of carbonyl (C=O) groups is 1. The predicted molar refractivity (Wildman–Crippen MR) is 145 cm³/mol. The number of thioether (sulfide) groups is 1. The van der Waals surface area contributed by atoms with Gasteiger partial charge in [0.05, 0.1) is 20.0 Å². The largest absolute Gasteiger partial charge is 0.378 e. The fraction of sp³-hybridized carbons (Fsp3) is 0.0435. The molecule has 1 aliphatic heterocycles. The number of hydrogen-bond donors (Lipinski definition) is 1. The minimum Gasteiger partial charge on any atom is -0.378 e. The molecule has 0 aliphatic carbocycles. The van der Waals surface area contributed by atoms with Crippen molar-refractivity contribution in [3.05, 3.63) is 95.8 Å². The number of carbonyl (C=O) groups excluding carboxylic acids is 1. The number of amides is 1. The fourth-order valence-electron chi connectivity index (χ4n) is 3.01. The summed E-state index contributed by atoms with van der Waals surface area (Å²) in [6, 6.07) is 15.1. The van der Waals surface area contributed by atoms with Crippen LogP contribution in [-0.4, -0.2) is 24.4 Å². The van der Waals surface area contributed by atoms with Crippen molar-refractivity contribution in [2.24, 2.45) is 4.99 Å². The van der Waals surface area contributed by atoms with Crippen LogP contribution in [0.2, 0.25) is 0 Å². The maximum absolute atomic E-state index is 12.8. The highest BCUT2D eigenvalue weighted by Crippen LogP contribution is 2.35. The third kappa shape index (κ3) is 6.03. The summed E-state index contributed by atoms with van der Waals surface area (Å²) in [6.45, 7) is 1.85. The van der Waals surface area contributed by atoms with Gasteiger partial charge in [0, 0.05) is 22.2 Å². The Labute approximate surface area is 227 Å². The van der Waals surface area contributed by atoms with E-state index in [4.69, 9.17) is 4.18 Å². The molecule has 3 aromatic rings. The van der Waals surface area contributed by atoms with Crippen LogP contribution in [-0.2, 0) is 14.9 Å². The molecule has 0 aromatic heterocycles. The lowest BCUT2D eigenvalue weighted by atomic mass is 10.2. The maximum atomic E-state index is 12.8. The van der Waals surface area contributed by atoms with Crippen molar-refractivity contribution in [2.75, 3.05) is 0 Å². The van der Waals surface area contributed by atoms with Crippen LogP contribution in [0.25, 0.3) is 6.08 Å². The highest BCUT2D eigenvalue weighted by molar-refractivity contribution is 9.10. The number of hydrogen-bond acceptors (Lipinski definition) is 8. The summed E-state index contributed by atoms with van der Waals surface area (Å²) in [5.74, 6) is -0.396. The molecule has 1 aliphatic rings. The number of nitro benzene ring substituents is 1. The molecule has 1 saturated heterocycles. The van der Waals surface area contributed by atoms with E-state index in [-0.39, 0.29) is 26.4 Å². The molecule has 13 heteroatoms. The molecule has 1 N–H and O–H groups in total. The van der Waals surface area contributed by atoms with Crippen LogP contribution >= 0.6 is 43.6 Å². The van der Waals surface area contributed by atoms with Gasteiger partial charge in [0.1, 0.15) is 10.6 Å². The Morgan fingerprint density at radius 2 is 1.81 bits per heavy atom. The second-order valence-electron chi connectivity index (χ2n) is 7.41. The van der Waals surface area contributed by atoms with Crippen molar-refractivity contribution in [3.63, 3.8) is 0 Å². The van der Waals surface area contributed by atoms with Crippen LogP contribution in [0.15, 0.2) is 84.4 Å². The summed E-state index contributed by atoms with van der Waals surface area (Å²) in [5, 5.41) is 13.8. The number of amidine groups is 1. The van der Waals surface area contributed by atoms with E-state index in [9.17, 15) is 23.3 Å². The Balaban J connectivity index is 1.62. The molecule has 9 nitrogen and oxygen atoms in total. The van der Waals surface area contributed by atoms with Crippen LogP contribution in [0.5, 0.6) is 5.75 Å². The lowest BCUT2D eigenvalue weighted by Gasteiger charge is -2.10. The highest BCUT2D eigenvalue weighted by Gasteiger charge is 2.26. The second-order valence-corrected chi connectivity index (χ2v) is 11.8. The molecular formula is C23H15Br2N3O6S2. The molecule has 1 amide bonds. The van der Waals surface area contributed by atoms with Gasteiger partial charge in [-0.1, -0.05) is 33.6 Å². The van der Waals surface area contributed by atoms with Crippen molar-refractivity contribution >= 4 is 82.3 Å². The zero-order valence-electron chi connectivity index (χ0n) is 18.3.